The van der Waals surface area contributed by atoms with E-state index in [1.54, 1.807) is 40.2 Å². The molecule has 184 valence electrons. The average Bonchev–Trinajstić information content (AvgIpc) is 3.27. The highest BCUT2D eigenvalue weighted by molar-refractivity contribution is 9.10. The first-order valence-electron chi connectivity index (χ1n) is 11.4. The van der Waals surface area contributed by atoms with Gasteiger partial charge in [0.2, 0.25) is 5.91 Å². The smallest absolute Gasteiger partial charge is 0.337 e. The maximum absolute atomic E-state index is 13.8. The van der Waals surface area contributed by atoms with Gasteiger partial charge in [-0.25, -0.2) is 9.78 Å². The molecule has 0 saturated carbocycles. The minimum absolute atomic E-state index is 0.0678. The first-order valence-corrected chi connectivity index (χ1v) is 14.0. The number of thiophene rings is 1. The van der Waals surface area contributed by atoms with E-state index in [0.717, 1.165) is 40.5 Å². The lowest BCUT2D eigenvalue weighted by Gasteiger charge is -2.14. The minimum Gasteiger partial charge on any atom is -0.465 e. The van der Waals surface area contributed by atoms with Crippen LogP contribution >= 0.6 is 39.0 Å². The lowest BCUT2D eigenvalue weighted by atomic mass is 9.97. The van der Waals surface area contributed by atoms with Crippen molar-refractivity contribution in [1.82, 2.24) is 9.55 Å². The number of amides is 1. The SMILES string of the molecule is COC(=O)c1ccc(NC(=O)CSc2nc3sc4c(c3c(=O)n2-c2ccc(Br)cc2)CCCC4)cc1. The van der Waals surface area contributed by atoms with Gasteiger partial charge in [-0.3, -0.25) is 14.2 Å². The molecule has 0 fully saturated rings. The standard InChI is InChI=1S/C26H22BrN3O4S2/c1-34-25(33)15-6-10-17(11-7-15)28-21(31)14-35-26-29-23-22(19-4-2-3-5-20(19)36-23)24(32)30(26)18-12-8-16(27)9-13-18/h6-13H,2-5,14H2,1H3,(H,28,31). The van der Waals surface area contributed by atoms with E-state index in [4.69, 9.17) is 9.72 Å². The van der Waals surface area contributed by atoms with Crippen molar-refractivity contribution in [3.05, 3.63) is 79.4 Å². The number of fused-ring (bicyclic) bond motifs is 3. The topological polar surface area (TPSA) is 90.3 Å². The number of aryl methyl sites for hydroxylation is 2. The minimum atomic E-state index is -0.439. The Balaban J connectivity index is 1.44. The Labute approximate surface area is 224 Å². The molecule has 0 saturated heterocycles. The first kappa shape index (κ1) is 24.7. The van der Waals surface area contributed by atoms with E-state index in [-0.39, 0.29) is 17.2 Å². The highest BCUT2D eigenvalue weighted by Gasteiger charge is 2.23. The van der Waals surface area contributed by atoms with Crippen LogP contribution in [0, 0.1) is 0 Å². The number of anilines is 1. The zero-order valence-corrected chi connectivity index (χ0v) is 22.6. The number of nitrogens with zero attached hydrogens (tertiary/aromatic N) is 2. The Morgan fingerprint density at radius 2 is 1.83 bits per heavy atom. The van der Waals surface area contributed by atoms with E-state index in [2.05, 4.69) is 21.2 Å². The molecule has 0 radical (unpaired) electrons. The predicted molar refractivity (Wildman–Crippen MR) is 147 cm³/mol. The number of methoxy groups -OCH3 is 1. The van der Waals surface area contributed by atoms with Crippen molar-refractivity contribution in [2.24, 2.45) is 0 Å². The summed E-state index contributed by atoms with van der Waals surface area (Å²) >= 11 is 6.26. The lowest BCUT2D eigenvalue weighted by Crippen LogP contribution is -2.23. The number of esters is 1. The van der Waals surface area contributed by atoms with Crippen LogP contribution in [0.1, 0.15) is 33.6 Å². The van der Waals surface area contributed by atoms with Crippen LogP contribution in [-0.2, 0) is 22.4 Å². The number of hydrogen-bond donors (Lipinski definition) is 1. The fraction of sp³-hybridized carbons (Fsp3) is 0.231. The molecule has 2 aromatic carbocycles. The number of benzene rings is 2. The number of ether oxygens (including phenoxy) is 1. The molecule has 36 heavy (non-hydrogen) atoms. The third-order valence-corrected chi connectivity index (χ3v) is 8.62. The Morgan fingerprint density at radius 1 is 1.11 bits per heavy atom. The van der Waals surface area contributed by atoms with Crippen LogP contribution in [0.25, 0.3) is 15.9 Å². The van der Waals surface area contributed by atoms with Crippen molar-refractivity contribution in [2.75, 3.05) is 18.2 Å². The first-order chi connectivity index (χ1) is 17.4. The second-order valence-corrected chi connectivity index (χ2v) is 11.2. The number of aromatic nitrogens is 2. The number of hydrogen-bond acceptors (Lipinski definition) is 7. The second kappa shape index (κ2) is 10.6. The molecule has 7 nitrogen and oxygen atoms in total. The maximum Gasteiger partial charge on any atom is 0.337 e. The number of nitrogens with one attached hydrogen (secondary N) is 1. The molecule has 0 bridgehead atoms. The number of rotatable bonds is 6. The molecule has 1 N–H and O–H groups in total. The quantitative estimate of drug-likeness (QED) is 0.180. The normalized spacial score (nSPS) is 12.8. The number of halogens is 1. The molecule has 0 unspecified atom stereocenters. The fourth-order valence-corrected chi connectivity index (χ4v) is 6.62. The Hall–Kier alpha value is -2.95. The Bertz CT molecular complexity index is 1510. The molecule has 5 rings (SSSR count). The summed E-state index contributed by atoms with van der Waals surface area (Å²) in [5, 5.41) is 4.01. The third-order valence-electron chi connectivity index (χ3n) is 5.97. The van der Waals surface area contributed by atoms with Crippen molar-refractivity contribution in [3.8, 4) is 5.69 Å². The highest BCUT2D eigenvalue weighted by Crippen LogP contribution is 2.35. The summed E-state index contributed by atoms with van der Waals surface area (Å²) in [4.78, 5) is 45.0. The number of thioether (sulfide) groups is 1. The predicted octanol–water partition coefficient (Wildman–Crippen LogP) is 5.61. The second-order valence-electron chi connectivity index (χ2n) is 8.31. The summed E-state index contributed by atoms with van der Waals surface area (Å²) in [6, 6.07) is 14.0. The zero-order chi connectivity index (χ0) is 25.2. The monoisotopic (exact) mass is 583 g/mol. The van der Waals surface area contributed by atoms with Gasteiger partial charge in [0, 0.05) is 15.0 Å². The molecule has 0 atom stereocenters. The Kier molecular flexibility index (Phi) is 7.27. The molecular weight excluding hydrogens is 562 g/mol. The summed E-state index contributed by atoms with van der Waals surface area (Å²) < 4.78 is 7.22. The van der Waals surface area contributed by atoms with Gasteiger partial charge in [0.1, 0.15) is 4.83 Å². The summed E-state index contributed by atoms with van der Waals surface area (Å²) in [6.45, 7) is 0. The number of carbonyl (C=O) groups is 2. The Morgan fingerprint density at radius 3 is 2.56 bits per heavy atom. The molecule has 2 heterocycles. The van der Waals surface area contributed by atoms with E-state index < -0.39 is 5.97 Å². The van der Waals surface area contributed by atoms with Crippen LogP contribution in [-0.4, -0.2) is 34.3 Å². The molecule has 1 amide bonds. The van der Waals surface area contributed by atoms with Gasteiger partial charge in [0.15, 0.2) is 5.16 Å². The van der Waals surface area contributed by atoms with Crippen molar-refractivity contribution >= 4 is 66.8 Å². The van der Waals surface area contributed by atoms with Crippen LogP contribution in [0.3, 0.4) is 0 Å². The maximum atomic E-state index is 13.8. The number of carbonyl (C=O) groups excluding carboxylic acids is 2. The summed E-state index contributed by atoms with van der Waals surface area (Å²) in [7, 11) is 1.32. The van der Waals surface area contributed by atoms with Crippen LogP contribution in [0.4, 0.5) is 5.69 Å². The van der Waals surface area contributed by atoms with Gasteiger partial charge >= 0.3 is 5.97 Å². The molecule has 0 spiro atoms. The molecular formula is C26H22BrN3O4S2. The van der Waals surface area contributed by atoms with E-state index in [1.165, 1.54) is 23.7 Å². The van der Waals surface area contributed by atoms with Crippen molar-refractivity contribution in [2.45, 2.75) is 30.8 Å². The molecule has 2 aromatic heterocycles. The molecule has 4 aromatic rings. The van der Waals surface area contributed by atoms with Gasteiger partial charge in [-0.1, -0.05) is 27.7 Å². The zero-order valence-electron chi connectivity index (χ0n) is 19.4. The third kappa shape index (κ3) is 4.98. The van der Waals surface area contributed by atoms with E-state index in [9.17, 15) is 14.4 Å². The summed E-state index contributed by atoms with van der Waals surface area (Å²) in [5.74, 6) is -0.614. The summed E-state index contributed by atoms with van der Waals surface area (Å²) in [6.07, 6.45) is 4.08. The average molecular weight is 585 g/mol. The molecule has 10 heteroatoms. The van der Waals surface area contributed by atoms with E-state index in [1.807, 2.05) is 24.3 Å². The fourth-order valence-electron chi connectivity index (χ4n) is 4.24. The largest absolute Gasteiger partial charge is 0.465 e. The van der Waals surface area contributed by atoms with Gasteiger partial charge < -0.3 is 10.1 Å². The van der Waals surface area contributed by atoms with Gasteiger partial charge in [-0.15, -0.1) is 11.3 Å². The van der Waals surface area contributed by atoms with Gasteiger partial charge in [0.05, 0.1) is 29.5 Å². The van der Waals surface area contributed by atoms with E-state index in [0.29, 0.717) is 27.5 Å². The summed E-state index contributed by atoms with van der Waals surface area (Å²) in [5.41, 5.74) is 2.71. The van der Waals surface area contributed by atoms with Gasteiger partial charge in [0.25, 0.3) is 5.56 Å². The van der Waals surface area contributed by atoms with Gasteiger partial charge in [-0.05, 0) is 79.8 Å². The lowest BCUT2D eigenvalue weighted by molar-refractivity contribution is -0.113. The van der Waals surface area contributed by atoms with Crippen molar-refractivity contribution in [3.63, 3.8) is 0 Å². The van der Waals surface area contributed by atoms with Crippen molar-refractivity contribution < 1.29 is 14.3 Å². The molecule has 0 aliphatic heterocycles. The van der Waals surface area contributed by atoms with Crippen LogP contribution in [0.5, 0.6) is 0 Å². The molecule has 1 aliphatic carbocycles. The highest BCUT2D eigenvalue weighted by atomic mass is 79.9. The van der Waals surface area contributed by atoms with Crippen LogP contribution in [0.2, 0.25) is 0 Å². The van der Waals surface area contributed by atoms with Crippen LogP contribution in [0.15, 0.2) is 63.0 Å². The van der Waals surface area contributed by atoms with Crippen LogP contribution < -0.4 is 10.9 Å². The van der Waals surface area contributed by atoms with Crippen molar-refractivity contribution in [1.29, 1.82) is 0 Å². The van der Waals surface area contributed by atoms with E-state index >= 15 is 0 Å². The molecule has 1 aliphatic rings. The van der Waals surface area contributed by atoms with Gasteiger partial charge in [-0.2, -0.15) is 0 Å².